The molecule has 0 aliphatic rings. The van der Waals surface area contributed by atoms with Gasteiger partial charge in [0.1, 0.15) is 11.3 Å². The minimum Gasteiger partial charge on any atom is -0.478 e. The summed E-state index contributed by atoms with van der Waals surface area (Å²) in [4.78, 5) is 17.5. The number of anilines is 1. The summed E-state index contributed by atoms with van der Waals surface area (Å²) in [7, 11) is 0. The fraction of sp³-hybridized carbons (Fsp3) is 0.259. The predicted octanol–water partition coefficient (Wildman–Crippen LogP) is 7.24. The molecule has 3 aromatic carbocycles. The van der Waals surface area contributed by atoms with Crippen LogP contribution in [-0.4, -0.2) is 16.5 Å². The Morgan fingerprint density at radius 3 is 2.36 bits per heavy atom. The summed E-state index contributed by atoms with van der Waals surface area (Å²) in [6.07, 6.45) is 0. The molecule has 1 N–H and O–H groups in total. The topological polar surface area (TPSA) is 64.4 Å². The fourth-order valence-corrected chi connectivity index (χ4v) is 3.59. The third-order valence-corrected chi connectivity index (χ3v) is 5.59. The maximum atomic E-state index is 13.0. The molecule has 0 spiro atoms. The number of carbonyl (C=O) groups is 1. The third-order valence-electron chi connectivity index (χ3n) is 5.36. The van der Waals surface area contributed by atoms with E-state index < -0.39 is 5.60 Å². The lowest BCUT2D eigenvalue weighted by molar-refractivity contribution is -0.128. The zero-order valence-corrected chi connectivity index (χ0v) is 20.2. The Labute approximate surface area is 198 Å². The number of oxazole rings is 1. The predicted molar refractivity (Wildman–Crippen MR) is 133 cm³/mol. The molecule has 0 saturated carbocycles. The van der Waals surface area contributed by atoms with Crippen molar-refractivity contribution in [3.05, 3.63) is 77.3 Å². The average molecular weight is 463 g/mol. The first kappa shape index (κ1) is 22.9. The zero-order chi connectivity index (χ0) is 23.8. The molecule has 4 aromatic rings. The number of nitrogens with one attached hydrogen (secondary N) is 1. The van der Waals surface area contributed by atoms with Gasteiger partial charge in [0.05, 0.1) is 0 Å². The van der Waals surface area contributed by atoms with Crippen LogP contribution in [0, 0.1) is 0 Å². The lowest BCUT2D eigenvalue weighted by atomic mass is 9.87. The van der Waals surface area contributed by atoms with E-state index in [0.717, 1.165) is 5.56 Å². The normalized spacial score (nSPS) is 12.1. The molecule has 0 atom stereocenters. The van der Waals surface area contributed by atoms with E-state index in [0.29, 0.717) is 33.4 Å². The van der Waals surface area contributed by atoms with Crippen LogP contribution in [-0.2, 0) is 10.2 Å². The molecule has 0 aliphatic heterocycles. The molecule has 1 aromatic heterocycles. The number of carbonyl (C=O) groups excluding carboxylic acids is 1. The van der Waals surface area contributed by atoms with E-state index in [4.69, 9.17) is 20.8 Å². The summed E-state index contributed by atoms with van der Waals surface area (Å²) in [6.45, 7) is 9.95. The maximum absolute atomic E-state index is 13.0. The highest BCUT2D eigenvalue weighted by Crippen LogP contribution is 2.29. The molecule has 170 valence electrons. The van der Waals surface area contributed by atoms with Gasteiger partial charge in [0.15, 0.2) is 11.2 Å². The largest absolute Gasteiger partial charge is 0.478 e. The summed E-state index contributed by atoms with van der Waals surface area (Å²) < 4.78 is 11.8. The van der Waals surface area contributed by atoms with Gasteiger partial charge < -0.3 is 14.5 Å². The van der Waals surface area contributed by atoms with Crippen molar-refractivity contribution >= 4 is 34.3 Å². The summed E-state index contributed by atoms with van der Waals surface area (Å²) in [5.41, 5.74) is 2.84. The van der Waals surface area contributed by atoms with Crippen LogP contribution in [0.3, 0.4) is 0 Å². The van der Waals surface area contributed by atoms with Gasteiger partial charge in [0, 0.05) is 16.3 Å². The van der Waals surface area contributed by atoms with E-state index >= 15 is 0 Å². The standard InChI is InChI=1S/C27H27ClN2O3/c1-26(2,3)18-9-12-21(13-10-18)33-27(4,5)25(31)29-20-11-14-23-22(16-20)30-24(32-23)17-7-6-8-19(28)15-17/h6-16H,1-5H3,(H,29,31). The van der Waals surface area contributed by atoms with Gasteiger partial charge in [-0.05, 0) is 73.4 Å². The van der Waals surface area contributed by atoms with Crippen LogP contribution in [0.15, 0.2) is 71.1 Å². The number of amides is 1. The van der Waals surface area contributed by atoms with Crippen molar-refractivity contribution in [3.8, 4) is 17.2 Å². The van der Waals surface area contributed by atoms with Crippen molar-refractivity contribution in [3.63, 3.8) is 0 Å². The second kappa shape index (κ2) is 8.56. The van der Waals surface area contributed by atoms with Gasteiger partial charge in [-0.2, -0.15) is 0 Å². The molecule has 0 radical (unpaired) electrons. The number of hydrogen-bond acceptors (Lipinski definition) is 4. The van der Waals surface area contributed by atoms with Gasteiger partial charge >= 0.3 is 0 Å². The highest BCUT2D eigenvalue weighted by Gasteiger charge is 2.30. The van der Waals surface area contributed by atoms with Crippen LogP contribution < -0.4 is 10.1 Å². The second-order valence-corrected chi connectivity index (χ2v) is 9.99. The van der Waals surface area contributed by atoms with Crippen LogP contribution in [0.2, 0.25) is 5.02 Å². The minimum absolute atomic E-state index is 0.0534. The van der Waals surface area contributed by atoms with Crippen molar-refractivity contribution in [2.45, 2.75) is 45.6 Å². The first-order chi connectivity index (χ1) is 15.5. The maximum Gasteiger partial charge on any atom is 0.267 e. The summed E-state index contributed by atoms with van der Waals surface area (Å²) in [6, 6.07) is 20.5. The molecule has 6 heteroatoms. The van der Waals surface area contributed by atoms with Crippen LogP contribution in [0.5, 0.6) is 5.75 Å². The molecule has 0 unspecified atom stereocenters. The number of halogens is 1. The first-order valence-electron chi connectivity index (χ1n) is 10.8. The molecule has 33 heavy (non-hydrogen) atoms. The summed E-state index contributed by atoms with van der Waals surface area (Å²) in [5, 5.41) is 3.53. The highest BCUT2D eigenvalue weighted by atomic mass is 35.5. The quantitative estimate of drug-likeness (QED) is 0.339. The zero-order valence-electron chi connectivity index (χ0n) is 19.4. The summed E-state index contributed by atoms with van der Waals surface area (Å²) in [5.74, 6) is 0.847. The molecule has 0 aliphatic carbocycles. The van der Waals surface area contributed by atoms with Gasteiger partial charge in [-0.25, -0.2) is 4.98 Å². The molecular formula is C27H27ClN2O3. The summed E-state index contributed by atoms with van der Waals surface area (Å²) >= 11 is 6.08. The Hall–Kier alpha value is -3.31. The molecule has 0 bridgehead atoms. The number of nitrogens with zero attached hydrogens (tertiary/aromatic N) is 1. The number of aromatic nitrogens is 1. The van der Waals surface area contributed by atoms with Crippen molar-refractivity contribution < 1.29 is 13.9 Å². The van der Waals surface area contributed by atoms with E-state index in [2.05, 4.69) is 31.1 Å². The van der Waals surface area contributed by atoms with Gasteiger partial charge in [-0.1, -0.05) is 50.6 Å². The Morgan fingerprint density at radius 2 is 1.70 bits per heavy atom. The number of fused-ring (bicyclic) bond motifs is 1. The lowest BCUT2D eigenvalue weighted by Gasteiger charge is -2.26. The smallest absolute Gasteiger partial charge is 0.267 e. The average Bonchev–Trinajstić information content (AvgIpc) is 3.17. The first-order valence-corrected chi connectivity index (χ1v) is 11.2. The number of hydrogen-bond donors (Lipinski definition) is 1. The lowest BCUT2D eigenvalue weighted by Crippen LogP contribution is -2.42. The van der Waals surface area contributed by atoms with E-state index in [1.54, 1.807) is 44.2 Å². The third kappa shape index (κ3) is 5.20. The Balaban J connectivity index is 1.49. The SMILES string of the molecule is CC(C)(Oc1ccc(C(C)(C)C)cc1)C(=O)Nc1ccc2oc(-c3cccc(Cl)c3)nc2c1. The van der Waals surface area contributed by atoms with Gasteiger partial charge in [-0.15, -0.1) is 0 Å². The second-order valence-electron chi connectivity index (χ2n) is 9.55. The van der Waals surface area contributed by atoms with Crippen molar-refractivity contribution in [1.29, 1.82) is 0 Å². The number of rotatable bonds is 5. The Morgan fingerprint density at radius 1 is 0.970 bits per heavy atom. The fourth-order valence-electron chi connectivity index (χ4n) is 3.40. The molecule has 4 rings (SSSR count). The highest BCUT2D eigenvalue weighted by molar-refractivity contribution is 6.30. The van der Waals surface area contributed by atoms with E-state index in [1.165, 1.54) is 5.56 Å². The molecule has 1 heterocycles. The van der Waals surface area contributed by atoms with Crippen LogP contribution >= 0.6 is 11.6 Å². The van der Waals surface area contributed by atoms with Gasteiger partial charge in [0.25, 0.3) is 5.91 Å². The van der Waals surface area contributed by atoms with Crippen LogP contribution in [0.1, 0.15) is 40.2 Å². The molecule has 1 amide bonds. The van der Waals surface area contributed by atoms with Crippen molar-refractivity contribution in [2.75, 3.05) is 5.32 Å². The van der Waals surface area contributed by atoms with E-state index in [-0.39, 0.29) is 11.3 Å². The van der Waals surface area contributed by atoms with Crippen molar-refractivity contribution in [2.24, 2.45) is 0 Å². The molecule has 0 fully saturated rings. The molecule has 5 nitrogen and oxygen atoms in total. The van der Waals surface area contributed by atoms with E-state index in [9.17, 15) is 4.79 Å². The number of ether oxygens (including phenoxy) is 1. The van der Waals surface area contributed by atoms with Gasteiger partial charge in [-0.3, -0.25) is 4.79 Å². The monoisotopic (exact) mass is 462 g/mol. The minimum atomic E-state index is -1.08. The number of benzene rings is 3. The van der Waals surface area contributed by atoms with Gasteiger partial charge in [0.2, 0.25) is 5.89 Å². The van der Waals surface area contributed by atoms with E-state index in [1.807, 2.05) is 36.4 Å². The Bertz CT molecular complexity index is 1300. The molecule has 0 saturated heterocycles. The van der Waals surface area contributed by atoms with Crippen LogP contribution in [0.4, 0.5) is 5.69 Å². The van der Waals surface area contributed by atoms with Crippen molar-refractivity contribution in [1.82, 2.24) is 4.98 Å². The van der Waals surface area contributed by atoms with Crippen LogP contribution in [0.25, 0.3) is 22.6 Å². The molecular weight excluding hydrogens is 436 g/mol. The Kier molecular flexibility index (Phi) is 5.93.